The number of fused-ring (bicyclic) bond motifs is 1. The minimum absolute atomic E-state index is 0.0426. The molecule has 2 heterocycles. The Balaban J connectivity index is 1.67. The monoisotopic (exact) mass is 407 g/mol. The van der Waals surface area contributed by atoms with Crippen molar-refractivity contribution in [1.29, 1.82) is 0 Å². The van der Waals surface area contributed by atoms with E-state index in [9.17, 15) is 18.4 Å². The summed E-state index contributed by atoms with van der Waals surface area (Å²) in [5, 5.41) is 2.97. The third-order valence-electron chi connectivity index (χ3n) is 3.60. The second-order valence-electron chi connectivity index (χ2n) is 5.40. The van der Waals surface area contributed by atoms with Crippen molar-refractivity contribution in [1.82, 2.24) is 9.38 Å². The van der Waals surface area contributed by atoms with E-state index >= 15 is 0 Å². The Hall–Kier alpha value is -3.14. The summed E-state index contributed by atoms with van der Waals surface area (Å²) in [4.78, 5) is 28.6. The average Bonchev–Trinajstić information content (AvgIpc) is 3.06. The number of anilines is 1. The fraction of sp³-hybridized carbons (Fsp3) is 0.167. The highest BCUT2D eigenvalue weighted by molar-refractivity contribution is 7.98. The molecule has 0 atom stereocenters. The highest BCUT2D eigenvalue weighted by Gasteiger charge is 2.20. The highest BCUT2D eigenvalue weighted by Crippen LogP contribution is 2.25. The van der Waals surface area contributed by atoms with E-state index < -0.39 is 25.1 Å². The van der Waals surface area contributed by atoms with Gasteiger partial charge in [-0.25, -0.2) is 9.78 Å². The molecule has 10 heteroatoms. The molecule has 28 heavy (non-hydrogen) atoms. The molecule has 3 aromatic rings. The number of rotatable bonds is 7. The Morgan fingerprint density at radius 1 is 1.21 bits per heavy atom. The summed E-state index contributed by atoms with van der Waals surface area (Å²) in [7, 11) is 0. The van der Waals surface area contributed by atoms with Crippen LogP contribution in [-0.2, 0) is 9.53 Å². The quantitative estimate of drug-likeness (QED) is 0.477. The summed E-state index contributed by atoms with van der Waals surface area (Å²) in [6.45, 7) is -3.64. The number of pyridine rings is 1. The molecule has 0 radical (unpaired) electrons. The van der Waals surface area contributed by atoms with Crippen LogP contribution in [-0.4, -0.2) is 40.7 Å². The minimum atomic E-state index is -3.03. The van der Waals surface area contributed by atoms with E-state index in [0.29, 0.717) is 10.7 Å². The van der Waals surface area contributed by atoms with Gasteiger partial charge in [-0.15, -0.1) is 0 Å². The Bertz CT molecular complexity index is 1010. The number of benzene rings is 1. The first kappa shape index (κ1) is 19.6. The average molecular weight is 407 g/mol. The summed E-state index contributed by atoms with van der Waals surface area (Å²) >= 11 is 1.36. The lowest BCUT2D eigenvalue weighted by atomic mass is 10.3. The van der Waals surface area contributed by atoms with Crippen LogP contribution in [0.3, 0.4) is 0 Å². The zero-order chi connectivity index (χ0) is 20.1. The molecule has 3 rings (SSSR count). The number of hydrogen-bond donors (Lipinski definition) is 1. The second kappa shape index (κ2) is 8.70. The van der Waals surface area contributed by atoms with Crippen LogP contribution in [0.5, 0.6) is 5.75 Å². The zero-order valence-corrected chi connectivity index (χ0v) is 15.4. The van der Waals surface area contributed by atoms with Crippen molar-refractivity contribution in [3.63, 3.8) is 0 Å². The molecule has 0 aliphatic carbocycles. The normalized spacial score (nSPS) is 10.9. The van der Waals surface area contributed by atoms with Crippen LogP contribution in [0.2, 0.25) is 0 Å². The summed E-state index contributed by atoms with van der Waals surface area (Å²) in [5.41, 5.74) is 0.674. The number of esters is 1. The number of ether oxygens (including phenoxy) is 2. The van der Waals surface area contributed by atoms with E-state index in [2.05, 4.69) is 15.0 Å². The fourth-order valence-electron chi connectivity index (χ4n) is 2.46. The number of hydrogen-bond acceptors (Lipinski definition) is 6. The number of amides is 1. The molecule has 146 valence electrons. The van der Waals surface area contributed by atoms with Gasteiger partial charge < -0.3 is 14.8 Å². The lowest BCUT2D eigenvalue weighted by Gasteiger charge is -2.11. The number of nitrogens with zero attached hydrogens (tertiary/aromatic N) is 2. The lowest BCUT2D eigenvalue weighted by Crippen LogP contribution is -2.21. The van der Waals surface area contributed by atoms with Gasteiger partial charge in [0.15, 0.2) is 17.5 Å². The first-order valence-electron chi connectivity index (χ1n) is 8.01. The van der Waals surface area contributed by atoms with Gasteiger partial charge in [-0.3, -0.25) is 9.20 Å². The maximum atomic E-state index is 12.4. The van der Waals surface area contributed by atoms with Crippen LogP contribution in [0, 0.1) is 0 Å². The molecule has 1 N–H and O–H groups in total. The smallest absolute Gasteiger partial charge is 0.387 e. The van der Waals surface area contributed by atoms with Gasteiger partial charge in [0.1, 0.15) is 5.75 Å². The van der Waals surface area contributed by atoms with Gasteiger partial charge >= 0.3 is 12.6 Å². The third kappa shape index (κ3) is 4.39. The van der Waals surface area contributed by atoms with E-state index in [1.165, 1.54) is 30.0 Å². The topological polar surface area (TPSA) is 81.9 Å². The summed E-state index contributed by atoms with van der Waals surface area (Å²) in [6, 6.07) is 11.0. The maximum absolute atomic E-state index is 12.4. The number of imidazole rings is 1. The molecular formula is C18H15F2N3O4S. The van der Waals surface area contributed by atoms with Gasteiger partial charge in [-0.05, 0) is 30.5 Å². The third-order valence-corrected chi connectivity index (χ3v) is 4.26. The summed E-state index contributed by atoms with van der Waals surface area (Å²) in [5.74, 6) is -1.66. The minimum Gasteiger partial charge on any atom is -0.451 e. The molecule has 1 amide bonds. The number of aromatic nitrogens is 2. The van der Waals surface area contributed by atoms with E-state index in [4.69, 9.17) is 4.74 Å². The molecular weight excluding hydrogens is 392 g/mol. The van der Waals surface area contributed by atoms with Crippen LogP contribution in [0.1, 0.15) is 10.5 Å². The zero-order valence-electron chi connectivity index (χ0n) is 14.6. The fourth-order valence-corrected chi connectivity index (χ4v) is 3.00. The standard InChI is InChI=1S/C18H15F2N3O4S/c1-28-18-22-15(12-7-4-5-9-23(12)18)16(25)26-10-14(24)21-11-6-2-3-8-13(11)27-17(19)20/h2-9,17H,10H2,1H3,(H,21,24). The van der Waals surface area contributed by atoms with E-state index in [-0.39, 0.29) is 17.1 Å². The van der Waals surface area contributed by atoms with Gasteiger partial charge in [-0.1, -0.05) is 30.0 Å². The van der Waals surface area contributed by atoms with Crippen molar-refractivity contribution in [3.8, 4) is 5.75 Å². The predicted molar refractivity (Wildman–Crippen MR) is 99.0 cm³/mol. The van der Waals surface area contributed by atoms with Gasteiger partial charge in [0.2, 0.25) is 0 Å². The number of alkyl halides is 2. The Labute approximate surface area is 162 Å². The molecule has 0 saturated carbocycles. The molecule has 1 aromatic carbocycles. The van der Waals surface area contributed by atoms with Gasteiger partial charge in [-0.2, -0.15) is 8.78 Å². The molecule has 0 aliphatic heterocycles. The van der Waals surface area contributed by atoms with Gasteiger partial charge in [0.25, 0.3) is 5.91 Å². The lowest BCUT2D eigenvalue weighted by molar-refractivity contribution is -0.119. The van der Waals surface area contributed by atoms with Crippen LogP contribution in [0.15, 0.2) is 53.8 Å². The van der Waals surface area contributed by atoms with E-state index in [1.807, 2.05) is 6.26 Å². The molecule has 7 nitrogen and oxygen atoms in total. The van der Waals surface area contributed by atoms with Crippen molar-refractivity contribution in [3.05, 3.63) is 54.4 Å². The largest absolute Gasteiger partial charge is 0.451 e. The molecule has 2 aromatic heterocycles. The number of carbonyl (C=O) groups is 2. The van der Waals surface area contributed by atoms with Crippen molar-refractivity contribution < 1.29 is 27.8 Å². The molecule has 0 saturated heterocycles. The predicted octanol–water partition coefficient (Wildman–Crippen LogP) is 3.45. The molecule has 0 fully saturated rings. The molecule has 0 unspecified atom stereocenters. The summed E-state index contributed by atoms with van der Waals surface area (Å²) < 4.78 is 35.9. The van der Waals surface area contributed by atoms with Gasteiger partial charge in [0, 0.05) is 6.20 Å². The molecule has 0 aliphatic rings. The van der Waals surface area contributed by atoms with E-state index in [0.717, 1.165) is 0 Å². The maximum Gasteiger partial charge on any atom is 0.387 e. The molecule has 0 bridgehead atoms. The van der Waals surface area contributed by atoms with Crippen molar-refractivity contribution in [2.45, 2.75) is 11.8 Å². The number of nitrogens with one attached hydrogen (secondary N) is 1. The van der Waals surface area contributed by atoms with Crippen LogP contribution < -0.4 is 10.1 Å². The van der Waals surface area contributed by atoms with Crippen molar-refractivity contribution in [2.75, 3.05) is 18.2 Å². The SMILES string of the molecule is CSc1nc(C(=O)OCC(=O)Nc2ccccc2OC(F)F)c2ccccn12. The Kier molecular flexibility index (Phi) is 6.09. The number of halogens is 2. The Morgan fingerprint density at radius 2 is 1.96 bits per heavy atom. The first-order valence-corrected chi connectivity index (χ1v) is 9.24. The van der Waals surface area contributed by atoms with Crippen molar-refractivity contribution >= 4 is 34.8 Å². The second-order valence-corrected chi connectivity index (χ2v) is 6.18. The summed E-state index contributed by atoms with van der Waals surface area (Å²) in [6.07, 6.45) is 3.58. The van der Waals surface area contributed by atoms with Crippen molar-refractivity contribution in [2.24, 2.45) is 0 Å². The number of carbonyl (C=O) groups excluding carboxylic acids is 2. The van der Waals surface area contributed by atoms with E-state index in [1.54, 1.807) is 34.9 Å². The number of para-hydroxylation sites is 2. The Morgan fingerprint density at radius 3 is 2.71 bits per heavy atom. The number of thioether (sulfide) groups is 1. The van der Waals surface area contributed by atoms with Gasteiger partial charge in [0.05, 0.1) is 11.2 Å². The highest BCUT2D eigenvalue weighted by atomic mass is 32.2. The van der Waals surface area contributed by atoms with Crippen LogP contribution in [0.4, 0.5) is 14.5 Å². The molecule has 0 spiro atoms. The van der Waals surface area contributed by atoms with Crippen LogP contribution in [0.25, 0.3) is 5.52 Å². The van der Waals surface area contributed by atoms with Crippen LogP contribution >= 0.6 is 11.8 Å². The first-order chi connectivity index (χ1) is 13.5.